The molecule has 0 unspecified atom stereocenters. The minimum absolute atomic E-state index is 0.120. The molecule has 34 heavy (non-hydrogen) atoms. The molecule has 1 fully saturated rings. The van der Waals surface area contributed by atoms with Crippen LogP contribution in [0.15, 0.2) is 53.7 Å². The quantitative estimate of drug-likeness (QED) is 0.532. The second-order valence-corrected chi connectivity index (χ2v) is 10.2. The number of aromatic amines is 1. The number of hydrogen-bond acceptors (Lipinski definition) is 6. The van der Waals surface area contributed by atoms with Crippen molar-refractivity contribution in [1.82, 2.24) is 24.1 Å². The third-order valence-corrected chi connectivity index (χ3v) is 8.21. The lowest BCUT2D eigenvalue weighted by Gasteiger charge is -2.34. The fourth-order valence-electron chi connectivity index (χ4n) is 4.45. The van der Waals surface area contributed by atoms with E-state index in [4.69, 9.17) is 0 Å². The summed E-state index contributed by atoms with van der Waals surface area (Å²) >= 11 is 0. The third kappa shape index (κ3) is 3.76. The second-order valence-electron chi connectivity index (χ2n) is 8.25. The number of fused-ring (bicyclic) bond motifs is 2. The van der Waals surface area contributed by atoms with Crippen molar-refractivity contribution in [3.05, 3.63) is 59.9 Å². The van der Waals surface area contributed by atoms with Gasteiger partial charge in [-0.15, -0.1) is 0 Å². The van der Waals surface area contributed by atoms with Crippen molar-refractivity contribution < 1.29 is 22.8 Å². The van der Waals surface area contributed by atoms with E-state index < -0.39 is 10.0 Å². The van der Waals surface area contributed by atoms with Crippen LogP contribution in [0.2, 0.25) is 0 Å². The minimum atomic E-state index is -3.72. The van der Waals surface area contributed by atoms with Crippen LogP contribution < -0.4 is 0 Å². The van der Waals surface area contributed by atoms with Gasteiger partial charge >= 0.3 is 0 Å². The first-order valence-electron chi connectivity index (χ1n) is 11.0. The van der Waals surface area contributed by atoms with E-state index in [2.05, 4.69) is 9.97 Å². The molecule has 0 radical (unpaired) electrons. The first-order chi connectivity index (χ1) is 16.4. The molecule has 3 aromatic rings. The molecule has 1 saturated heterocycles. The van der Waals surface area contributed by atoms with Crippen LogP contribution in [0.4, 0.5) is 0 Å². The second kappa shape index (κ2) is 8.65. The molecule has 3 amide bonds. The largest absolute Gasteiger partial charge is 0.345 e. The molecule has 4 heterocycles. The van der Waals surface area contributed by atoms with Gasteiger partial charge in [0.25, 0.3) is 11.8 Å². The zero-order valence-electron chi connectivity index (χ0n) is 18.3. The van der Waals surface area contributed by atoms with E-state index in [1.807, 2.05) is 0 Å². The Bertz CT molecular complexity index is 1360. The smallest absolute Gasteiger partial charge is 0.261 e. The molecule has 5 rings (SSSR count). The van der Waals surface area contributed by atoms with E-state index in [0.29, 0.717) is 28.6 Å². The Morgan fingerprint density at radius 3 is 2.32 bits per heavy atom. The highest BCUT2D eigenvalue weighted by atomic mass is 32.2. The molecule has 176 valence electrons. The molecule has 2 aliphatic rings. The van der Waals surface area contributed by atoms with Crippen LogP contribution in [-0.4, -0.2) is 82.9 Å². The Morgan fingerprint density at radius 1 is 0.971 bits per heavy atom. The van der Waals surface area contributed by atoms with Crippen molar-refractivity contribution >= 4 is 38.8 Å². The Kier molecular flexibility index (Phi) is 5.66. The zero-order chi connectivity index (χ0) is 23.9. The molecule has 0 bridgehead atoms. The average molecular weight is 482 g/mol. The van der Waals surface area contributed by atoms with Gasteiger partial charge < -0.3 is 9.88 Å². The summed E-state index contributed by atoms with van der Waals surface area (Å²) in [4.78, 5) is 47.5. The maximum atomic E-state index is 13.1. The molecule has 0 spiro atoms. The van der Waals surface area contributed by atoms with Crippen molar-refractivity contribution in [2.24, 2.45) is 0 Å². The lowest BCUT2D eigenvalue weighted by molar-refractivity contribution is -0.132. The summed E-state index contributed by atoms with van der Waals surface area (Å²) in [5, 5.41) is 0.536. The number of aromatic nitrogens is 2. The summed E-state index contributed by atoms with van der Waals surface area (Å²) < 4.78 is 27.6. The van der Waals surface area contributed by atoms with Crippen LogP contribution in [0.3, 0.4) is 0 Å². The number of amides is 3. The number of imide groups is 1. The molecular formula is C23H23N5O5S. The van der Waals surface area contributed by atoms with Crippen molar-refractivity contribution in [2.45, 2.75) is 17.7 Å². The standard InChI is InChI=1S/C23H23N5O5S/c29-20(8-4-10-28-22(30)16-5-1-2-6-17(16)23(28)31)26-11-13-27(14-12-26)34(32,33)19-15-25-21-18(19)7-3-9-24-21/h1-3,5-7,9,15H,4,8,10-14H2,(H,24,25). The van der Waals surface area contributed by atoms with Crippen LogP contribution in [0, 0.1) is 0 Å². The van der Waals surface area contributed by atoms with Gasteiger partial charge in [0.1, 0.15) is 10.5 Å². The molecule has 0 atom stereocenters. The number of carbonyl (C=O) groups excluding carboxylic acids is 3. The highest BCUT2D eigenvalue weighted by Crippen LogP contribution is 2.26. The number of benzene rings is 1. The highest BCUT2D eigenvalue weighted by Gasteiger charge is 2.35. The average Bonchev–Trinajstić information content (AvgIpc) is 3.40. The normalized spacial score (nSPS) is 16.9. The summed E-state index contributed by atoms with van der Waals surface area (Å²) in [6.07, 6.45) is 3.57. The van der Waals surface area contributed by atoms with Gasteiger partial charge in [-0.05, 0) is 30.7 Å². The van der Waals surface area contributed by atoms with E-state index in [1.54, 1.807) is 47.5 Å². The molecule has 2 aliphatic heterocycles. The van der Waals surface area contributed by atoms with Gasteiger partial charge in [-0.1, -0.05) is 12.1 Å². The highest BCUT2D eigenvalue weighted by molar-refractivity contribution is 7.89. The first kappa shape index (κ1) is 22.2. The predicted molar refractivity (Wildman–Crippen MR) is 122 cm³/mol. The fourth-order valence-corrected chi connectivity index (χ4v) is 6.02. The lowest BCUT2D eigenvalue weighted by atomic mass is 10.1. The number of carbonyl (C=O) groups is 3. The van der Waals surface area contributed by atoms with Gasteiger partial charge in [-0.2, -0.15) is 4.31 Å². The topological polar surface area (TPSA) is 124 Å². The summed E-state index contributed by atoms with van der Waals surface area (Å²) in [5.41, 5.74) is 1.29. The number of H-pyrrole nitrogens is 1. The minimum Gasteiger partial charge on any atom is -0.345 e. The lowest BCUT2D eigenvalue weighted by Crippen LogP contribution is -2.50. The van der Waals surface area contributed by atoms with Gasteiger partial charge in [0.05, 0.1) is 11.1 Å². The number of rotatable bonds is 6. The number of piperazine rings is 1. The number of pyridine rings is 1. The van der Waals surface area contributed by atoms with Gasteiger partial charge in [0.2, 0.25) is 15.9 Å². The van der Waals surface area contributed by atoms with Crippen LogP contribution in [0.25, 0.3) is 11.0 Å². The molecule has 1 N–H and O–H groups in total. The number of nitrogens with zero attached hydrogens (tertiary/aromatic N) is 4. The fraction of sp³-hybridized carbons (Fsp3) is 0.304. The molecule has 1 aromatic carbocycles. The van der Waals surface area contributed by atoms with Gasteiger partial charge in [-0.3, -0.25) is 19.3 Å². The summed E-state index contributed by atoms with van der Waals surface area (Å²) in [5.74, 6) is -0.788. The third-order valence-electron chi connectivity index (χ3n) is 6.27. The molecule has 0 aliphatic carbocycles. The Morgan fingerprint density at radius 2 is 1.65 bits per heavy atom. The van der Waals surface area contributed by atoms with E-state index in [-0.39, 0.29) is 61.8 Å². The van der Waals surface area contributed by atoms with Crippen LogP contribution >= 0.6 is 0 Å². The summed E-state index contributed by atoms with van der Waals surface area (Å²) in [6.45, 7) is 1.12. The maximum absolute atomic E-state index is 13.1. The van der Waals surface area contributed by atoms with Crippen molar-refractivity contribution in [3.8, 4) is 0 Å². The van der Waals surface area contributed by atoms with Crippen molar-refractivity contribution in [1.29, 1.82) is 0 Å². The molecular weight excluding hydrogens is 458 g/mol. The maximum Gasteiger partial charge on any atom is 0.261 e. The van der Waals surface area contributed by atoms with Gasteiger partial charge in [0.15, 0.2) is 0 Å². The van der Waals surface area contributed by atoms with Gasteiger partial charge in [0, 0.05) is 56.9 Å². The van der Waals surface area contributed by atoms with Crippen molar-refractivity contribution in [3.63, 3.8) is 0 Å². The van der Waals surface area contributed by atoms with Crippen LogP contribution in [0.1, 0.15) is 33.6 Å². The number of hydrogen-bond donors (Lipinski definition) is 1. The molecule has 10 nitrogen and oxygen atoms in total. The van der Waals surface area contributed by atoms with E-state index in [1.165, 1.54) is 15.4 Å². The van der Waals surface area contributed by atoms with E-state index >= 15 is 0 Å². The van der Waals surface area contributed by atoms with Gasteiger partial charge in [-0.25, -0.2) is 13.4 Å². The monoisotopic (exact) mass is 481 g/mol. The Balaban J connectivity index is 1.15. The van der Waals surface area contributed by atoms with Crippen LogP contribution in [0.5, 0.6) is 0 Å². The Hall–Kier alpha value is -3.57. The number of sulfonamides is 1. The number of nitrogens with one attached hydrogen (secondary N) is 1. The molecule has 0 saturated carbocycles. The molecule has 11 heteroatoms. The zero-order valence-corrected chi connectivity index (χ0v) is 19.1. The Labute approximate surface area is 196 Å². The summed E-state index contributed by atoms with van der Waals surface area (Å²) in [6, 6.07) is 10.1. The molecule has 2 aromatic heterocycles. The van der Waals surface area contributed by atoms with Crippen LogP contribution in [-0.2, 0) is 14.8 Å². The van der Waals surface area contributed by atoms with E-state index in [0.717, 1.165) is 0 Å². The first-order valence-corrected chi connectivity index (χ1v) is 12.5. The van der Waals surface area contributed by atoms with E-state index in [9.17, 15) is 22.8 Å². The summed E-state index contributed by atoms with van der Waals surface area (Å²) in [7, 11) is -3.72. The SMILES string of the molecule is O=C(CCCN1C(=O)c2ccccc2C1=O)N1CCN(S(=O)(=O)c2c[nH]c3ncccc23)CC1. The van der Waals surface area contributed by atoms with Crippen molar-refractivity contribution in [2.75, 3.05) is 32.7 Å². The predicted octanol–water partition coefficient (Wildman–Crippen LogP) is 1.47.